The average molecular weight is 454 g/mol. The van der Waals surface area contributed by atoms with Gasteiger partial charge in [0.15, 0.2) is 6.61 Å². The third-order valence-corrected chi connectivity index (χ3v) is 5.70. The Morgan fingerprint density at radius 3 is 2.56 bits per heavy atom. The standard InChI is InChI=1S/C21H18N4O6S/c1-12-8-9-15(10-16(12)32(22,27)28)21(26)29-11-17-23-24-20(30-17)18-13(2)31-25-19(18)14-6-4-3-5-7-14/h3-10H,11H2,1-2H3,(H2,22,27,28). The van der Waals surface area contributed by atoms with Crippen LogP contribution in [0.2, 0.25) is 0 Å². The maximum Gasteiger partial charge on any atom is 0.338 e. The highest BCUT2D eigenvalue weighted by atomic mass is 32.2. The summed E-state index contributed by atoms with van der Waals surface area (Å²) in [5, 5.41) is 17.2. The van der Waals surface area contributed by atoms with Crippen molar-refractivity contribution in [3.8, 4) is 22.7 Å². The number of aromatic nitrogens is 3. The quantitative estimate of drug-likeness (QED) is 0.433. The van der Waals surface area contributed by atoms with Crippen molar-refractivity contribution in [1.29, 1.82) is 0 Å². The van der Waals surface area contributed by atoms with E-state index < -0.39 is 16.0 Å². The van der Waals surface area contributed by atoms with Crippen LogP contribution in [0, 0.1) is 13.8 Å². The second kappa shape index (κ2) is 8.36. The van der Waals surface area contributed by atoms with Crippen molar-refractivity contribution in [2.45, 2.75) is 25.3 Å². The van der Waals surface area contributed by atoms with Gasteiger partial charge in [-0.2, -0.15) is 0 Å². The Morgan fingerprint density at radius 1 is 1.09 bits per heavy atom. The number of sulfonamides is 1. The Kier molecular flexibility index (Phi) is 5.59. The van der Waals surface area contributed by atoms with E-state index in [4.69, 9.17) is 18.8 Å². The van der Waals surface area contributed by atoms with Gasteiger partial charge in [0.25, 0.3) is 11.8 Å². The molecule has 2 N–H and O–H groups in total. The Hall–Kier alpha value is -3.83. The number of ether oxygens (including phenoxy) is 1. The van der Waals surface area contributed by atoms with Crippen LogP contribution in [0.3, 0.4) is 0 Å². The normalized spacial score (nSPS) is 11.5. The molecule has 11 heteroatoms. The molecule has 0 aliphatic carbocycles. The largest absolute Gasteiger partial charge is 0.452 e. The molecule has 0 radical (unpaired) electrons. The van der Waals surface area contributed by atoms with Gasteiger partial charge in [-0.1, -0.05) is 41.6 Å². The molecule has 4 aromatic rings. The van der Waals surface area contributed by atoms with Crippen LogP contribution in [0.15, 0.2) is 62.4 Å². The van der Waals surface area contributed by atoms with Gasteiger partial charge in [0, 0.05) is 5.56 Å². The molecule has 0 aliphatic heterocycles. The number of nitrogens with two attached hydrogens (primary N) is 1. The summed E-state index contributed by atoms with van der Waals surface area (Å²) in [6, 6.07) is 13.4. The Bertz CT molecular complexity index is 1390. The lowest BCUT2D eigenvalue weighted by molar-refractivity contribution is 0.0438. The first kappa shape index (κ1) is 21.4. The number of carbonyl (C=O) groups is 1. The van der Waals surface area contributed by atoms with Crippen LogP contribution in [0.25, 0.3) is 22.7 Å². The zero-order chi connectivity index (χ0) is 22.9. The van der Waals surface area contributed by atoms with E-state index in [9.17, 15) is 13.2 Å². The van der Waals surface area contributed by atoms with Crippen LogP contribution >= 0.6 is 0 Å². The highest BCUT2D eigenvalue weighted by molar-refractivity contribution is 7.89. The molecule has 2 heterocycles. The summed E-state index contributed by atoms with van der Waals surface area (Å²) in [6.07, 6.45) is 0. The molecule has 0 spiro atoms. The average Bonchev–Trinajstić information content (AvgIpc) is 3.38. The second-order valence-corrected chi connectivity index (χ2v) is 8.46. The molecular weight excluding hydrogens is 436 g/mol. The summed E-state index contributed by atoms with van der Waals surface area (Å²) in [7, 11) is -3.97. The maximum atomic E-state index is 12.4. The lowest BCUT2D eigenvalue weighted by atomic mass is 10.1. The zero-order valence-corrected chi connectivity index (χ0v) is 17.9. The monoisotopic (exact) mass is 454 g/mol. The lowest BCUT2D eigenvalue weighted by Gasteiger charge is -2.06. The Balaban J connectivity index is 1.52. The van der Waals surface area contributed by atoms with Crippen LogP contribution < -0.4 is 5.14 Å². The highest BCUT2D eigenvalue weighted by Crippen LogP contribution is 2.33. The molecule has 4 rings (SSSR count). The summed E-state index contributed by atoms with van der Waals surface area (Å²) in [4.78, 5) is 12.2. The number of carbonyl (C=O) groups excluding carboxylic acids is 1. The molecule has 0 atom stereocenters. The molecule has 0 saturated carbocycles. The number of hydrogen-bond acceptors (Lipinski definition) is 9. The van der Waals surface area contributed by atoms with Crippen molar-refractivity contribution < 1.29 is 26.9 Å². The summed E-state index contributed by atoms with van der Waals surface area (Å²) < 4.78 is 39.4. The molecule has 0 fully saturated rings. The van der Waals surface area contributed by atoms with E-state index in [1.807, 2.05) is 30.3 Å². The van der Waals surface area contributed by atoms with Crippen LogP contribution in [-0.4, -0.2) is 29.7 Å². The van der Waals surface area contributed by atoms with E-state index in [-0.39, 0.29) is 28.8 Å². The fourth-order valence-corrected chi connectivity index (χ4v) is 3.88. The molecule has 164 valence electrons. The van der Waals surface area contributed by atoms with E-state index in [1.54, 1.807) is 13.8 Å². The summed E-state index contributed by atoms with van der Waals surface area (Å²) in [5.41, 5.74) is 2.35. The van der Waals surface area contributed by atoms with E-state index >= 15 is 0 Å². The van der Waals surface area contributed by atoms with Gasteiger partial charge in [0.1, 0.15) is 17.0 Å². The third kappa shape index (κ3) is 4.29. The number of esters is 1. The van der Waals surface area contributed by atoms with Gasteiger partial charge in [-0.3, -0.25) is 0 Å². The van der Waals surface area contributed by atoms with E-state index in [0.29, 0.717) is 22.6 Å². The van der Waals surface area contributed by atoms with E-state index in [2.05, 4.69) is 15.4 Å². The number of primary sulfonamides is 1. The fraction of sp³-hybridized carbons (Fsp3) is 0.143. The van der Waals surface area contributed by atoms with Gasteiger partial charge in [-0.25, -0.2) is 18.4 Å². The molecule has 0 unspecified atom stereocenters. The van der Waals surface area contributed by atoms with E-state index in [0.717, 1.165) is 5.56 Å². The predicted molar refractivity (Wildman–Crippen MR) is 112 cm³/mol. The first-order chi connectivity index (χ1) is 15.2. The van der Waals surface area contributed by atoms with Gasteiger partial charge in [0.05, 0.1) is 10.5 Å². The van der Waals surface area contributed by atoms with Crippen LogP contribution in [0.5, 0.6) is 0 Å². The molecule has 0 bridgehead atoms. The number of benzene rings is 2. The Labute approximate surface area is 183 Å². The molecule has 0 aliphatic rings. The topological polar surface area (TPSA) is 151 Å². The smallest absolute Gasteiger partial charge is 0.338 e. The van der Waals surface area contributed by atoms with Crippen LogP contribution in [0.1, 0.15) is 27.6 Å². The minimum Gasteiger partial charge on any atom is -0.452 e. The minimum absolute atomic E-state index is 0.0283. The summed E-state index contributed by atoms with van der Waals surface area (Å²) in [6.45, 7) is 2.99. The first-order valence-corrected chi connectivity index (χ1v) is 10.9. The van der Waals surface area contributed by atoms with Crippen molar-refractivity contribution in [2.75, 3.05) is 0 Å². The third-order valence-electron chi connectivity index (χ3n) is 4.65. The second-order valence-electron chi connectivity index (χ2n) is 6.93. The van der Waals surface area contributed by atoms with Crippen molar-refractivity contribution in [3.63, 3.8) is 0 Å². The molecule has 0 saturated heterocycles. The van der Waals surface area contributed by atoms with Crippen molar-refractivity contribution in [3.05, 3.63) is 71.3 Å². The van der Waals surface area contributed by atoms with Crippen molar-refractivity contribution in [1.82, 2.24) is 15.4 Å². The number of hydrogen-bond donors (Lipinski definition) is 1. The predicted octanol–water partition coefficient (Wildman–Crippen LogP) is 3.01. The van der Waals surface area contributed by atoms with Gasteiger partial charge < -0.3 is 13.7 Å². The van der Waals surface area contributed by atoms with Gasteiger partial charge in [-0.05, 0) is 31.5 Å². The molecule has 32 heavy (non-hydrogen) atoms. The highest BCUT2D eigenvalue weighted by Gasteiger charge is 2.22. The van der Waals surface area contributed by atoms with Gasteiger partial charge in [-0.15, -0.1) is 10.2 Å². The first-order valence-electron chi connectivity index (χ1n) is 9.39. The number of nitrogens with zero attached hydrogens (tertiary/aromatic N) is 3. The summed E-state index contributed by atoms with van der Waals surface area (Å²) in [5.74, 6) is -0.0562. The molecule has 0 amide bonds. The lowest BCUT2D eigenvalue weighted by Crippen LogP contribution is -2.15. The van der Waals surface area contributed by atoms with Crippen LogP contribution in [-0.2, 0) is 21.4 Å². The fourth-order valence-electron chi connectivity index (χ4n) is 3.07. The number of rotatable bonds is 6. The van der Waals surface area contributed by atoms with Crippen molar-refractivity contribution >= 4 is 16.0 Å². The van der Waals surface area contributed by atoms with Crippen molar-refractivity contribution in [2.24, 2.45) is 5.14 Å². The van der Waals surface area contributed by atoms with Gasteiger partial charge in [0.2, 0.25) is 10.0 Å². The number of aryl methyl sites for hydroxylation is 2. The zero-order valence-electron chi connectivity index (χ0n) is 17.1. The minimum atomic E-state index is -3.97. The summed E-state index contributed by atoms with van der Waals surface area (Å²) >= 11 is 0. The Morgan fingerprint density at radius 2 is 1.84 bits per heavy atom. The molecule has 10 nitrogen and oxygen atoms in total. The molecular formula is C21H18N4O6S. The molecule has 2 aromatic carbocycles. The van der Waals surface area contributed by atoms with Gasteiger partial charge >= 0.3 is 5.97 Å². The molecule has 2 aromatic heterocycles. The SMILES string of the molecule is Cc1ccc(C(=O)OCc2nnc(-c3c(-c4ccccc4)noc3C)o2)cc1S(N)(=O)=O. The van der Waals surface area contributed by atoms with E-state index in [1.165, 1.54) is 18.2 Å². The maximum absolute atomic E-state index is 12.4. The van der Waals surface area contributed by atoms with Crippen LogP contribution in [0.4, 0.5) is 0 Å².